The first-order chi connectivity index (χ1) is 7.70. The first kappa shape index (κ1) is 11.5. The van der Waals surface area contributed by atoms with Crippen molar-refractivity contribution in [1.82, 2.24) is 9.78 Å². The lowest BCUT2D eigenvalue weighted by molar-refractivity contribution is 0.414. The molecule has 1 aromatic heterocycles. The van der Waals surface area contributed by atoms with E-state index in [9.17, 15) is 0 Å². The van der Waals surface area contributed by atoms with Crippen LogP contribution in [0.5, 0.6) is 5.75 Å². The van der Waals surface area contributed by atoms with Gasteiger partial charge in [-0.15, -0.1) is 0 Å². The number of halogens is 2. The third-order valence-corrected chi connectivity index (χ3v) is 3.12. The number of methoxy groups -OCH3 is 1. The molecule has 0 saturated heterocycles. The van der Waals surface area contributed by atoms with Crippen molar-refractivity contribution in [3.8, 4) is 5.75 Å². The number of benzene rings is 1. The fourth-order valence-corrected chi connectivity index (χ4v) is 1.86. The Balaban J connectivity index is 2.20. The van der Waals surface area contributed by atoms with Crippen LogP contribution in [-0.2, 0) is 6.54 Å². The third kappa shape index (κ3) is 2.39. The van der Waals surface area contributed by atoms with Gasteiger partial charge < -0.3 is 4.74 Å². The van der Waals surface area contributed by atoms with Gasteiger partial charge in [-0.05, 0) is 17.7 Å². The zero-order chi connectivity index (χ0) is 11.5. The van der Waals surface area contributed by atoms with Gasteiger partial charge in [-0.25, -0.2) is 4.68 Å². The topological polar surface area (TPSA) is 27.1 Å². The highest BCUT2D eigenvalue weighted by Crippen LogP contribution is 2.24. The average Bonchev–Trinajstić information content (AvgIpc) is 2.63. The molecule has 2 rings (SSSR count). The van der Waals surface area contributed by atoms with Gasteiger partial charge in [0.15, 0.2) is 10.9 Å². The number of hydrogen-bond acceptors (Lipinski definition) is 2. The molecule has 84 valence electrons. The third-order valence-electron chi connectivity index (χ3n) is 2.21. The van der Waals surface area contributed by atoms with Crippen LogP contribution in [0, 0.1) is 0 Å². The average molecular weight is 302 g/mol. The molecule has 0 bridgehead atoms. The van der Waals surface area contributed by atoms with Crippen molar-refractivity contribution in [2.24, 2.45) is 0 Å². The van der Waals surface area contributed by atoms with Gasteiger partial charge >= 0.3 is 0 Å². The van der Waals surface area contributed by atoms with Gasteiger partial charge in [0.2, 0.25) is 0 Å². The van der Waals surface area contributed by atoms with E-state index in [1.807, 2.05) is 24.3 Å². The summed E-state index contributed by atoms with van der Waals surface area (Å²) in [5.74, 6) is 0.596. The van der Waals surface area contributed by atoms with E-state index in [-0.39, 0.29) is 0 Å². The zero-order valence-electron chi connectivity index (χ0n) is 8.65. The van der Waals surface area contributed by atoms with Crippen LogP contribution in [0.15, 0.2) is 34.9 Å². The van der Waals surface area contributed by atoms with E-state index in [0.29, 0.717) is 17.4 Å². The Morgan fingerprint density at radius 3 is 2.62 bits per heavy atom. The molecule has 3 nitrogen and oxygen atoms in total. The van der Waals surface area contributed by atoms with Crippen molar-refractivity contribution in [2.75, 3.05) is 7.11 Å². The highest BCUT2D eigenvalue weighted by atomic mass is 79.9. The van der Waals surface area contributed by atoms with Crippen LogP contribution < -0.4 is 4.74 Å². The van der Waals surface area contributed by atoms with Gasteiger partial charge in [0.25, 0.3) is 0 Å². The maximum absolute atomic E-state index is 6.07. The van der Waals surface area contributed by atoms with E-state index in [1.54, 1.807) is 18.0 Å². The molecule has 0 atom stereocenters. The molecular formula is C11H10BrClN2O. The Hall–Kier alpha value is -1.000. The van der Waals surface area contributed by atoms with Crippen molar-refractivity contribution in [3.05, 3.63) is 45.7 Å². The van der Waals surface area contributed by atoms with Crippen LogP contribution in [0.1, 0.15) is 5.56 Å². The van der Waals surface area contributed by atoms with E-state index in [1.165, 1.54) is 0 Å². The summed E-state index contributed by atoms with van der Waals surface area (Å²) in [6.45, 7) is 0.634. The molecule has 0 amide bonds. The van der Waals surface area contributed by atoms with Gasteiger partial charge in [-0.2, -0.15) is 5.10 Å². The lowest BCUT2D eigenvalue weighted by Gasteiger charge is -2.04. The summed E-state index contributed by atoms with van der Waals surface area (Å²) in [6, 6.07) is 8.02. The molecule has 5 heteroatoms. The van der Waals surface area contributed by atoms with Crippen LogP contribution in [0.2, 0.25) is 5.15 Å². The van der Waals surface area contributed by atoms with Crippen LogP contribution >= 0.6 is 27.5 Å². The summed E-state index contributed by atoms with van der Waals surface area (Å²) < 4.78 is 7.81. The number of rotatable bonds is 3. The molecule has 0 spiro atoms. The van der Waals surface area contributed by atoms with Crippen molar-refractivity contribution in [2.45, 2.75) is 6.54 Å². The van der Waals surface area contributed by atoms with E-state index in [0.717, 1.165) is 10.0 Å². The molecule has 0 aliphatic carbocycles. The number of ether oxygens (including phenoxy) is 1. The molecule has 0 aliphatic rings. The first-order valence-electron chi connectivity index (χ1n) is 4.70. The molecule has 2 aromatic rings. The predicted molar refractivity (Wildman–Crippen MR) is 67.0 cm³/mol. The number of hydrogen-bond donors (Lipinski definition) is 0. The Morgan fingerprint density at radius 1 is 1.38 bits per heavy atom. The summed E-state index contributed by atoms with van der Waals surface area (Å²) in [4.78, 5) is 0. The Kier molecular flexibility index (Phi) is 3.51. The van der Waals surface area contributed by atoms with E-state index < -0.39 is 0 Å². The lowest BCUT2D eigenvalue weighted by Crippen LogP contribution is -2.01. The highest BCUT2D eigenvalue weighted by Gasteiger charge is 2.08. The van der Waals surface area contributed by atoms with Crippen LogP contribution in [0.4, 0.5) is 0 Å². The smallest absolute Gasteiger partial charge is 0.175 e. The van der Waals surface area contributed by atoms with Crippen molar-refractivity contribution in [1.29, 1.82) is 0 Å². The monoisotopic (exact) mass is 300 g/mol. The van der Waals surface area contributed by atoms with E-state index in [2.05, 4.69) is 21.0 Å². The Labute approximate surface area is 107 Å². The van der Waals surface area contributed by atoms with Crippen LogP contribution in [0.25, 0.3) is 0 Å². The van der Waals surface area contributed by atoms with E-state index >= 15 is 0 Å². The minimum atomic E-state index is 0.519. The quantitative estimate of drug-likeness (QED) is 0.869. The summed E-state index contributed by atoms with van der Waals surface area (Å²) in [6.07, 6.45) is 1.61. The normalized spacial score (nSPS) is 10.4. The molecule has 0 aliphatic heterocycles. The molecule has 1 aromatic carbocycles. The number of nitrogens with zero attached hydrogens (tertiary/aromatic N) is 2. The molecular weight excluding hydrogens is 291 g/mol. The standard InChI is InChI=1S/C11H10BrClN2O/c1-16-10-6-14-15(11(10)13)7-8-2-4-9(12)5-3-8/h2-6H,7H2,1H3. The molecule has 0 unspecified atom stereocenters. The molecule has 0 radical (unpaired) electrons. The summed E-state index contributed by atoms with van der Waals surface area (Å²) >= 11 is 9.46. The second-order valence-electron chi connectivity index (χ2n) is 3.29. The van der Waals surface area contributed by atoms with Gasteiger partial charge in [0, 0.05) is 4.47 Å². The first-order valence-corrected chi connectivity index (χ1v) is 5.87. The molecule has 0 fully saturated rings. The predicted octanol–water partition coefficient (Wildman–Crippen LogP) is 3.36. The second kappa shape index (κ2) is 4.89. The molecule has 0 saturated carbocycles. The highest BCUT2D eigenvalue weighted by molar-refractivity contribution is 9.10. The fourth-order valence-electron chi connectivity index (χ4n) is 1.36. The van der Waals surface area contributed by atoms with Gasteiger partial charge in [0.1, 0.15) is 0 Å². The Bertz CT molecular complexity index is 481. The largest absolute Gasteiger partial charge is 0.492 e. The number of aromatic nitrogens is 2. The summed E-state index contributed by atoms with van der Waals surface area (Å²) in [5, 5.41) is 4.67. The van der Waals surface area contributed by atoms with Crippen molar-refractivity contribution in [3.63, 3.8) is 0 Å². The fraction of sp³-hybridized carbons (Fsp3) is 0.182. The minimum absolute atomic E-state index is 0.519. The van der Waals surface area contributed by atoms with Crippen LogP contribution in [0.3, 0.4) is 0 Å². The SMILES string of the molecule is COc1cnn(Cc2ccc(Br)cc2)c1Cl. The lowest BCUT2D eigenvalue weighted by atomic mass is 10.2. The molecule has 0 N–H and O–H groups in total. The summed E-state index contributed by atoms with van der Waals surface area (Å²) in [5.41, 5.74) is 1.14. The zero-order valence-corrected chi connectivity index (χ0v) is 11.0. The van der Waals surface area contributed by atoms with Gasteiger partial charge in [-0.3, -0.25) is 0 Å². The summed E-state index contributed by atoms with van der Waals surface area (Å²) in [7, 11) is 1.58. The Morgan fingerprint density at radius 2 is 2.06 bits per heavy atom. The van der Waals surface area contributed by atoms with E-state index in [4.69, 9.17) is 16.3 Å². The maximum atomic E-state index is 6.07. The van der Waals surface area contributed by atoms with Gasteiger partial charge in [0.05, 0.1) is 19.9 Å². The van der Waals surface area contributed by atoms with Crippen molar-refractivity contribution >= 4 is 27.5 Å². The second-order valence-corrected chi connectivity index (χ2v) is 4.56. The molecule has 1 heterocycles. The van der Waals surface area contributed by atoms with Crippen molar-refractivity contribution < 1.29 is 4.74 Å². The minimum Gasteiger partial charge on any atom is -0.492 e. The maximum Gasteiger partial charge on any atom is 0.175 e. The molecule has 16 heavy (non-hydrogen) atoms. The van der Waals surface area contributed by atoms with Crippen LogP contribution in [-0.4, -0.2) is 16.9 Å². The van der Waals surface area contributed by atoms with Gasteiger partial charge in [-0.1, -0.05) is 39.7 Å².